The van der Waals surface area contributed by atoms with Crippen LogP contribution in [0.4, 0.5) is 37.6 Å². The predicted molar refractivity (Wildman–Crippen MR) is 239 cm³/mol. The lowest BCUT2D eigenvalue weighted by molar-refractivity contribution is -0.134. The summed E-state index contributed by atoms with van der Waals surface area (Å²) in [4.78, 5) is 54.6. The second-order valence-electron chi connectivity index (χ2n) is 18.1. The molecule has 3 aromatic heterocycles. The van der Waals surface area contributed by atoms with E-state index in [0.717, 1.165) is 80.9 Å². The summed E-state index contributed by atoms with van der Waals surface area (Å²) in [6.45, 7) is 9.14. The Morgan fingerprint density at radius 2 is 1.71 bits per heavy atom. The van der Waals surface area contributed by atoms with E-state index in [-0.39, 0.29) is 35.2 Å². The second-order valence-corrected chi connectivity index (χ2v) is 18.5. The fraction of sp³-hybridized carbons (Fsp3) is 0.511. The first-order chi connectivity index (χ1) is 30.3. The number of carbonyl (C=O) groups is 2. The summed E-state index contributed by atoms with van der Waals surface area (Å²) in [6.07, 6.45) is 5.97. The number of piperazine rings is 1. The average molecular weight is 884 g/mol. The minimum Gasteiger partial charge on any atom is -0.480 e. The highest BCUT2D eigenvalue weighted by atomic mass is 35.5. The van der Waals surface area contributed by atoms with Gasteiger partial charge in [0.25, 0.3) is 5.56 Å². The van der Waals surface area contributed by atoms with Crippen molar-refractivity contribution in [2.24, 2.45) is 18.9 Å². The first kappa shape index (κ1) is 41.5. The Hall–Kier alpha value is -5.55. The average Bonchev–Trinajstić information content (AvgIpc) is 4.07. The maximum absolute atomic E-state index is 15.3. The number of benzene rings is 2. The van der Waals surface area contributed by atoms with E-state index in [1.807, 2.05) is 43.8 Å². The van der Waals surface area contributed by atoms with Crippen LogP contribution in [0, 0.1) is 11.8 Å². The van der Waals surface area contributed by atoms with Crippen molar-refractivity contribution in [1.82, 2.24) is 34.5 Å². The van der Waals surface area contributed by atoms with Crippen LogP contribution in [0.15, 0.2) is 47.4 Å². The van der Waals surface area contributed by atoms with Crippen molar-refractivity contribution in [3.05, 3.63) is 63.7 Å². The van der Waals surface area contributed by atoms with Gasteiger partial charge < -0.3 is 29.7 Å². The van der Waals surface area contributed by atoms with Crippen LogP contribution in [0.1, 0.15) is 70.0 Å². The summed E-state index contributed by atoms with van der Waals surface area (Å²) in [5.41, 5.74) is 3.94. The van der Waals surface area contributed by atoms with E-state index in [0.29, 0.717) is 65.0 Å². The maximum Gasteiger partial charge on any atom is 0.301 e. The van der Waals surface area contributed by atoms with E-state index < -0.39 is 30.0 Å². The van der Waals surface area contributed by atoms with Gasteiger partial charge in [-0.1, -0.05) is 11.6 Å². The van der Waals surface area contributed by atoms with Crippen LogP contribution >= 0.6 is 11.6 Å². The minimum atomic E-state index is -3.14. The van der Waals surface area contributed by atoms with Crippen molar-refractivity contribution in [1.29, 1.82) is 0 Å². The quantitative estimate of drug-likeness (QED) is 0.140. The smallest absolute Gasteiger partial charge is 0.301 e. The summed E-state index contributed by atoms with van der Waals surface area (Å²) in [7, 11) is 1.90. The van der Waals surface area contributed by atoms with Crippen molar-refractivity contribution < 1.29 is 23.1 Å². The molecule has 0 bridgehead atoms. The molecule has 3 N–H and O–H groups in total. The first-order valence-corrected chi connectivity index (χ1v) is 22.5. The molecule has 1 aliphatic carbocycles. The number of alkyl halides is 2. The number of hydrogen-bond donors (Lipinski definition) is 3. The van der Waals surface area contributed by atoms with Crippen molar-refractivity contribution >= 4 is 74.0 Å². The van der Waals surface area contributed by atoms with E-state index in [1.165, 1.54) is 0 Å². The summed E-state index contributed by atoms with van der Waals surface area (Å²) < 4.78 is 39.7. The number of hydrogen-bond acceptors (Lipinski definition) is 12. The van der Waals surface area contributed by atoms with Crippen molar-refractivity contribution in [3.8, 4) is 5.75 Å². The predicted octanol–water partition coefficient (Wildman–Crippen LogP) is 6.43. The number of anilines is 5. The van der Waals surface area contributed by atoms with Gasteiger partial charge in [0.2, 0.25) is 23.5 Å². The van der Waals surface area contributed by atoms with Gasteiger partial charge in [-0.2, -0.15) is 10.1 Å². The van der Waals surface area contributed by atoms with Crippen LogP contribution in [0.2, 0.25) is 5.02 Å². The number of amides is 2. The van der Waals surface area contributed by atoms with Gasteiger partial charge in [-0.25, -0.2) is 13.8 Å². The third-order valence-electron chi connectivity index (χ3n) is 13.5. The number of pyridine rings is 1. The molecule has 15 nitrogen and oxygen atoms in total. The Labute approximate surface area is 368 Å². The monoisotopic (exact) mass is 883 g/mol. The minimum absolute atomic E-state index is 0.0910. The molecule has 5 aliphatic rings. The molecule has 1 unspecified atom stereocenters. The van der Waals surface area contributed by atoms with E-state index in [1.54, 1.807) is 10.8 Å². The number of nitrogens with one attached hydrogen (secondary N) is 3. The summed E-state index contributed by atoms with van der Waals surface area (Å²) in [5, 5.41) is 15.5. The molecule has 0 radical (unpaired) electrons. The SMILES string of the molecule is CC(C)n1c(=O)c2c(c3cc(Nc4nc(N5CCN(CC6CCN(c7ccc8c(C9CCC(=O)NC9=O)nn(C)c8c7)CC6)CC5)ncc4Cl)ccc31)N[C@@H](C1CC1)C(F)(F)CO2. The molecule has 0 spiro atoms. The molecular weight excluding hydrogens is 832 g/mol. The van der Waals surface area contributed by atoms with Crippen LogP contribution in [-0.4, -0.2) is 105 Å². The number of carbonyl (C=O) groups excluding carboxylic acids is 2. The van der Waals surface area contributed by atoms with Crippen molar-refractivity contribution in [2.45, 2.75) is 76.3 Å². The molecule has 2 atom stereocenters. The maximum atomic E-state index is 15.3. The zero-order chi connectivity index (χ0) is 43.7. The second kappa shape index (κ2) is 16.2. The highest BCUT2D eigenvalue weighted by Crippen LogP contribution is 2.46. The molecule has 2 amide bonds. The van der Waals surface area contributed by atoms with Gasteiger partial charge in [-0.15, -0.1) is 0 Å². The third-order valence-corrected chi connectivity index (χ3v) is 13.8. The Morgan fingerprint density at radius 1 is 0.937 bits per heavy atom. The van der Waals surface area contributed by atoms with Crippen LogP contribution in [-0.2, 0) is 16.6 Å². The number of halogens is 3. The number of rotatable bonds is 9. The molecule has 4 aliphatic heterocycles. The van der Waals surface area contributed by atoms with Gasteiger partial charge in [0.05, 0.1) is 40.6 Å². The molecular formula is C45H52ClF2N11O4. The number of fused-ring (bicyclic) bond motifs is 4. The van der Waals surface area contributed by atoms with Gasteiger partial charge >= 0.3 is 5.92 Å². The fourth-order valence-corrected chi connectivity index (χ4v) is 10.1. The van der Waals surface area contributed by atoms with E-state index in [2.05, 4.69) is 53.8 Å². The summed E-state index contributed by atoms with van der Waals surface area (Å²) in [6, 6.07) is 10.5. The number of nitrogens with zero attached hydrogens (tertiary/aromatic N) is 8. The zero-order valence-corrected chi connectivity index (χ0v) is 36.4. The highest BCUT2D eigenvalue weighted by molar-refractivity contribution is 6.33. The molecule has 332 valence electrons. The van der Waals surface area contributed by atoms with Gasteiger partial charge in [-0.3, -0.25) is 29.3 Å². The number of imide groups is 1. The molecule has 1 saturated carbocycles. The lowest BCUT2D eigenvalue weighted by Gasteiger charge is -2.39. The molecule has 5 aromatic rings. The number of ether oxygens (including phenoxy) is 1. The van der Waals surface area contributed by atoms with Crippen molar-refractivity contribution in [3.63, 3.8) is 0 Å². The topological polar surface area (TPSA) is 155 Å². The third kappa shape index (κ3) is 7.91. The summed E-state index contributed by atoms with van der Waals surface area (Å²) >= 11 is 6.67. The number of piperidine rings is 2. The van der Waals surface area contributed by atoms with Gasteiger partial charge in [0.1, 0.15) is 5.02 Å². The van der Waals surface area contributed by atoms with E-state index in [4.69, 9.17) is 26.4 Å². The van der Waals surface area contributed by atoms with Crippen LogP contribution in [0.5, 0.6) is 5.75 Å². The Kier molecular flexibility index (Phi) is 10.7. The van der Waals surface area contributed by atoms with Gasteiger partial charge in [0, 0.05) is 87.5 Å². The lowest BCUT2D eigenvalue weighted by atomic mass is 9.92. The Bertz CT molecular complexity index is 2670. The molecule has 63 heavy (non-hydrogen) atoms. The molecule has 18 heteroatoms. The normalized spacial score (nSPS) is 22.2. The Balaban J connectivity index is 0.776. The van der Waals surface area contributed by atoms with Crippen LogP contribution in [0.25, 0.3) is 21.8 Å². The summed E-state index contributed by atoms with van der Waals surface area (Å²) in [5.74, 6) is -2.77. The Morgan fingerprint density at radius 3 is 2.44 bits per heavy atom. The largest absolute Gasteiger partial charge is 0.480 e. The van der Waals surface area contributed by atoms with Gasteiger partial charge in [-0.05, 0) is 94.2 Å². The molecule has 2 aromatic carbocycles. The van der Waals surface area contributed by atoms with Gasteiger partial charge in [0.15, 0.2) is 12.4 Å². The van der Waals surface area contributed by atoms with Crippen LogP contribution < -0.4 is 36.0 Å². The standard InChI is InChI=1S/C45H52ClF2N11O4/c1-25(2)59-34-10-6-28(20-32(34)38-39(43(59)62)63-24-45(47,48)40(52-38)27-4-5-27)50-41-33(46)22-49-44(53-41)58-18-16-56(17-19-58)23-26-12-14-57(15-13-26)29-7-8-30-35(21-29)55(3)54-37(30)31-9-11-36(60)51-42(31)61/h6-8,10,20-22,25-27,31,40,52H,4-5,9,11-19,23-24H2,1-3H3,(H,49,50,53)(H,51,60,61)/t31?,40-/m0/s1. The lowest BCUT2D eigenvalue weighted by Crippen LogP contribution is -2.49. The van der Waals surface area contributed by atoms with Crippen LogP contribution in [0.3, 0.4) is 0 Å². The molecule has 3 saturated heterocycles. The fourth-order valence-electron chi connectivity index (χ4n) is 9.96. The van der Waals surface area contributed by atoms with Crippen molar-refractivity contribution in [2.75, 3.05) is 72.9 Å². The zero-order valence-electron chi connectivity index (χ0n) is 35.7. The van der Waals surface area contributed by atoms with E-state index >= 15 is 8.78 Å². The number of aryl methyl sites for hydroxylation is 1. The molecule has 7 heterocycles. The first-order valence-electron chi connectivity index (χ1n) is 22.1. The molecule has 10 rings (SSSR count). The van der Waals surface area contributed by atoms with E-state index in [9.17, 15) is 14.4 Å². The highest BCUT2D eigenvalue weighted by Gasteiger charge is 2.51. The number of aromatic nitrogens is 5. The molecule has 4 fully saturated rings.